The Kier molecular flexibility index (Phi) is 5.22. The van der Waals surface area contributed by atoms with Crippen LogP contribution in [0.15, 0.2) is 42.6 Å². The van der Waals surface area contributed by atoms with Crippen molar-refractivity contribution in [2.24, 2.45) is 5.92 Å². The molecule has 2 aliphatic heterocycles. The van der Waals surface area contributed by atoms with E-state index in [0.717, 1.165) is 38.3 Å². The van der Waals surface area contributed by atoms with Crippen molar-refractivity contribution in [3.63, 3.8) is 0 Å². The molecule has 2 fully saturated rings. The number of aromatic nitrogens is 2. The summed E-state index contributed by atoms with van der Waals surface area (Å²) in [7, 11) is 0. The Hall–Kier alpha value is -2.31. The molecule has 1 amide bonds. The summed E-state index contributed by atoms with van der Waals surface area (Å²) in [6.45, 7) is 3.76. The van der Waals surface area contributed by atoms with Crippen LogP contribution in [0.25, 0.3) is 0 Å². The molecule has 2 aliphatic rings. The zero-order chi connectivity index (χ0) is 17.8. The van der Waals surface area contributed by atoms with Crippen molar-refractivity contribution in [1.29, 1.82) is 0 Å². The minimum atomic E-state index is -0.0129. The molecule has 6 heteroatoms. The molecular weight excluding hydrogens is 326 g/mol. The largest absolute Gasteiger partial charge is 0.317 e. The predicted molar refractivity (Wildman–Crippen MR) is 101 cm³/mol. The van der Waals surface area contributed by atoms with Crippen molar-refractivity contribution in [2.45, 2.75) is 25.2 Å². The molecule has 2 N–H and O–H groups in total. The van der Waals surface area contributed by atoms with E-state index in [0.29, 0.717) is 11.7 Å². The first-order valence-corrected chi connectivity index (χ1v) is 9.46. The van der Waals surface area contributed by atoms with Crippen LogP contribution in [-0.2, 0) is 4.79 Å². The fourth-order valence-electron chi connectivity index (χ4n) is 3.88. The third kappa shape index (κ3) is 3.61. The van der Waals surface area contributed by atoms with Crippen LogP contribution in [0, 0.1) is 5.92 Å². The Bertz CT molecular complexity index is 722. The van der Waals surface area contributed by atoms with Crippen molar-refractivity contribution in [2.75, 3.05) is 31.1 Å². The van der Waals surface area contributed by atoms with Gasteiger partial charge in [0.2, 0.25) is 5.91 Å². The molecule has 0 unspecified atom stereocenters. The molecule has 3 heterocycles. The maximum atomic E-state index is 13.1. The lowest BCUT2D eigenvalue weighted by Gasteiger charge is -2.26. The third-order valence-electron chi connectivity index (χ3n) is 5.38. The first kappa shape index (κ1) is 17.1. The van der Waals surface area contributed by atoms with Gasteiger partial charge in [-0.05, 0) is 74.6 Å². The maximum Gasteiger partial charge on any atom is 0.237 e. The second kappa shape index (κ2) is 7.93. The Morgan fingerprint density at radius 1 is 1.00 bits per heavy atom. The fraction of sp³-hybridized carbons (Fsp3) is 0.450. The molecule has 26 heavy (non-hydrogen) atoms. The zero-order valence-corrected chi connectivity index (χ0v) is 14.9. The number of rotatable bonds is 4. The molecule has 0 spiro atoms. The molecule has 1 atom stereocenters. The van der Waals surface area contributed by atoms with Gasteiger partial charge in [-0.2, -0.15) is 5.10 Å². The third-order valence-corrected chi connectivity index (χ3v) is 5.38. The number of piperidine rings is 1. The van der Waals surface area contributed by atoms with Gasteiger partial charge < -0.3 is 10.6 Å². The quantitative estimate of drug-likeness (QED) is 0.884. The Morgan fingerprint density at radius 2 is 1.77 bits per heavy atom. The lowest BCUT2D eigenvalue weighted by Crippen LogP contribution is -2.34. The Balaban J connectivity index is 1.61. The van der Waals surface area contributed by atoms with E-state index < -0.39 is 0 Å². The van der Waals surface area contributed by atoms with Gasteiger partial charge in [0.1, 0.15) is 0 Å². The molecule has 2 saturated heterocycles. The van der Waals surface area contributed by atoms with Crippen LogP contribution in [0.1, 0.15) is 30.7 Å². The topological polar surface area (TPSA) is 70.2 Å². The van der Waals surface area contributed by atoms with E-state index in [9.17, 15) is 4.79 Å². The first-order chi connectivity index (χ1) is 12.8. The van der Waals surface area contributed by atoms with E-state index in [4.69, 9.17) is 0 Å². The highest BCUT2D eigenvalue weighted by Crippen LogP contribution is 2.30. The molecular formula is C20H25N5O. The minimum Gasteiger partial charge on any atom is -0.317 e. The molecule has 0 saturated carbocycles. The highest BCUT2D eigenvalue weighted by Gasteiger charge is 2.30. The van der Waals surface area contributed by atoms with Crippen LogP contribution in [0.4, 0.5) is 11.5 Å². The normalized spacial score (nSPS) is 20.8. The molecule has 0 radical (unpaired) electrons. The van der Waals surface area contributed by atoms with Crippen LogP contribution in [-0.4, -0.2) is 42.3 Å². The number of carbonyl (C=O) groups excluding carboxylic acids is 1. The average Bonchev–Trinajstić information content (AvgIpc) is 3.25. The van der Waals surface area contributed by atoms with Crippen LogP contribution in [0.3, 0.4) is 0 Å². The molecule has 0 aliphatic carbocycles. The molecule has 136 valence electrons. The van der Waals surface area contributed by atoms with Crippen LogP contribution in [0.2, 0.25) is 0 Å². The predicted octanol–water partition coefficient (Wildman–Crippen LogP) is 2.22. The average molecular weight is 351 g/mol. The monoisotopic (exact) mass is 351 g/mol. The minimum absolute atomic E-state index is 0.0129. The number of benzene rings is 1. The number of hydrogen-bond acceptors (Lipinski definition) is 5. The number of nitrogens with zero attached hydrogens (tertiary/aromatic N) is 3. The molecule has 6 nitrogen and oxygen atoms in total. The van der Waals surface area contributed by atoms with Crippen LogP contribution >= 0.6 is 0 Å². The molecule has 2 aromatic rings. The van der Waals surface area contributed by atoms with Gasteiger partial charge in [-0.3, -0.25) is 9.69 Å². The summed E-state index contributed by atoms with van der Waals surface area (Å²) >= 11 is 0. The van der Waals surface area contributed by atoms with Gasteiger partial charge in [0.15, 0.2) is 5.82 Å². The highest BCUT2D eigenvalue weighted by molar-refractivity contribution is 6.01. The number of amides is 1. The van der Waals surface area contributed by atoms with E-state index in [1.807, 2.05) is 24.3 Å². The Morgan fingerprint density at radius 3 is 2.42 bits per heavy atom. The van der Waals surface area contributed by atoms with E-state index in [2.05, 4.69) is 33.0 Å². The van der Waals surface area contributed by atoms with E-state index in [1.54, 1.807) is 11.1 Å². The summed E-state index contributed by atoms with van der Waals surface area (Å²) in [5, 5.41) is 14.8. The molecule has 1 aromatic carbocycles. The van der Waals surface area contributed by atoms with E-state index >= 15 is 0 Å². The smallest absolute Gasteiger partial charge is 0.237 e. The van der Waals surface area contributed by atoms with Crippen molar-refractivity contribution in [3.8, 4) is 0 Å². The molecule has 4 rings (SSSR count). The van der Waals surface area contributed by atoms with Gasteiger partial charge in [-0.25, -0.2) is 0 Å². The van der Waals surface area contributed by atoms with Crippen molar-refractivity contribution < 1.29 is 4.79 Å². The summed E-state index contributed by atoms with van der Waals surface area (Å²) < 4.78 is 0. The fourth-order valence-corrected chi connectivity index (χ4v) is 3.88. The summed E-state index contributed by atoms with van der Waals surface area (Å²) in [5.41, 5.74) is 2.21. The van der Waals surface area contributed by atoms with Gasteiger partial charge in [-0.1, -0.05) is 12.1 Å². The van der Waals surface area contributed by atoms with Crippen LogP contribution < -0.4 is 15.5 Å². The van der Waals surface area contributed by atoms with Gasteiger partial charge in [-0.15, -0.1) is 5.10 Å². The maximum absolute atomic E-state index is 13.1. The lowest BCUT2D eigenvalue weighted by molar-refractivity contribution is -0.121. The standard InChI is InChI=1S/C20H25N5O/c26-20(17-9-13-22-14-17)25(19-2-1-10-23-24-19)18-5-3-15(4-6-18)16-7-11-21-12-8-16/h1-6,10,16-17,21-22H,7-9,11-14H2/t17-/m1/s1. The number of nitrogens with one attached hydrogen (secondary N) is 2. The van der Waals surface area contributed by atoms with Gasteiger partial charge in [0, 0.05) is 12.7 Å². The second-order valence-corrected chi connectivity index (χ2v) is 7.06. The SMILES string of the molecule is O=C([C@@H]1CCNC1)N(c1ccc(C2CCNCC2)cc1)c1cccnn1. The first-order valence-electron chi connectivity index (χ1n) is 9.46. The van der Waals surface area contributed by atoms with Crippen LogP contribution in [0.5, 0.6) is 0 Å². The van der Waals surface area contributed by atoms with Gasteiger partial charge in [0.05, 0.1) is 11.6 Å². The summed E-state index contributed by atoms with van der Waals surface area (Å²) in [5.74, 6) is 1.26. The summed E-state index contributed by atoms with van der Waals surface area (Å²) in [6, 6.07) is 12.1. The van der Waals surface area contributed by atoms with Gasteiger partial charge in [0.25, 0.3) is 0 Å². The second-order valence-electron chi connectivity index (χ2n) is 7.06. The number of anilines is 2. The van der Waals surface area contributed by atoms with E-state index in [-0.39, 0.29) is 11.8 Å². The van der Waals surface area contributed by atoms with Crippen molar-refractivity contribution >= 4 is 17.4 Å². The molecule has 1 aromatic heterocycles. The van der Waals surface area contributed by atoms with E-state index in [1.165, 1.54) is 18.4 Å². The van der Waals surface area contributed by atoms with Crippen molar-refractivity contribution in [3.05, 3.63) is 48.2 Å². The van der Waals surface area contributed by atoms with Crippen molar-refractivity contribution in [1.82, 2.24) is 20.8 Å². The summed E-state index contributed by atoms with van der Waals surface area (Å²) in [4.78, 5) is 14.9. The summed E-state index contributed by atoms with van der Waals surface area (Å²) in [6.07, 6.45) is 4.83. The number of hydrogen-bond donors (Lipinski definition) is 2. The number of carbonyl (C=O) groups is 1. The highest BCUT2D eigenvalue weighted by atomic mass is 16.2. The Labute approximate surface area is 154 Å². The van der Waals surface area contributed by atoms with Gasteiger partial charge >= 0.3 is 0 Å². The zero-order valence-electron chi connectivity index (χ0n) is 14.9. The lowest BCUT2D eigenvalue weighted by atomic mass is 9.90. The molecule has 0 bridgehead atoms.